The number of carbonyl (C=O) groups is 1. The van der Waals surface area contributed by atoms with Crippen LogP contribution in [0.25, 0.3) is 10.9 Å². The maximum absolute atomic E-state index is 12.9. The highest BCUT2D eigenvalue weighted by molar-refractivity contribution is 6.04. The molecular weight excluding hydrogens is 294 g/mol. The number of amides is 1. The van der Waals surface area contributed by atoms with Gasteiger partial charge < -0.3 is 15.0 Å². The lowest BCUT2D eigenvalue weighted by Gasteiger charge is -2.35. The monoisotopic (exact) mass is 313 g/mol. The van der Waals surface area contributed by atoms with E-state index in [1.165, 1.54) is 0 Å². The Kier molecular flexibility index (Phi) is 3.23. The highest BCUT2D eigenvalue weighted by Gasteiger charge is 2.49. The smallest absolute Gasteiger partial charge is 0.346 e. The van der Waals surface area contributed by atoms with Crippen molar-refractivity contribution in [1.82, 2.24) is 14.9 Å². The van der Waals surface area contributed by atoms with Gasteiger partial charge in [0.05, 0.1) is 11.1 Å². The van der Waals surface area contributed by atoms with E-state index >= 15 is 0 Å². The van der Waals surface area contributed by atoms with Gasteiger partial charge in [0.25, 0.3) is 5.91 Å². The van der Waals surface area contributed by atoms with Crippen molar-refractivity contribution >= 4 is 16.8 Å². The first-order valence-corrected chi connectivity index (χ1v) is 8.07. The molecule has 1 saturated carbocycles. The van der Waals surface area contributed by atoms with Crippen LogP contribution in [-0.4, -0.2) is 44.6 Å². The third kappa shape index (κ3) is 2.53. The number of benzene rings is 1. The Balaban J connectivity index is 1.67. The van der Waals surface area contributed by atoms with Gasteiger partial charge in [-0.15, -0.1) is 0 Å². The van der Waals surface area contributed by atoms with Crippen LogP contribution in [0, 0.1) is 5.92 Å². The van der Waals surface area contributed by atoms with Gasteiger partial charge in [0.2, 0.25) is 0 Å². The summed E-state index contributed by atoms with van der Waals surface area (Å²) >= 11 is 0. The molecule has 2 aromatic rings. The highest BCUT2D eigenvalue weighted by atomic mass is 16.3. The van der Waals surface area contributed by atoms with E-state index in [-0.39, 0.29) is 17.5 Å². The quantitative estimate of drug-likeness (QED) is 0.875. The highest BCUT2D eigenvalue weighted by Crippen LogP contribution is 2.45. The number of piperidine rings is 1. The predicted molar refractivity (Wildman–Crippen MR) is 85.2 cm³/mol. The van der Waals surface area contributed by atoms with E-state index in [4.69, 9.17) is 0 Å². The zero-order valence-corrected chi connectivity index (χ0v) is 12.8. The van der Waals surface area contributed by atoms with Crippen molar-refractivity contribution in [1.29, 1.82) is 0 Å². The summed E-state index contributed by atoms with van der Waals surface area (Å²) in [6.45, 7) is 1.19. The summed E-state index contributed by atoms with van der Waals surface area (Å²) in [6.07, 6.45) is 3.47. The summed E-state index contributed by atoms with van der Waals surface area (Å²) in [6, 6.07) is 7.19. The molecule has 4 rings (SSSR count). The third-order valence-corrected chi connectivity index (χ3v) is 5.07. The number of aromatic amines is 1. The Morgan fingerprint density at radius 2 is 2.13 bits per heavy atom. The molecule has 0 spiro atoms. The molecule has 1 amide bonds. The Bertz CT molecular complexity index is 825. The number of H-pyrrole nitrogens is 1. The van der Waals surface area contributed by atoms with Gasteiger partial charge in [-0.05, 0) is 31.7 Å². The Labute approximate surface area is 133 Å². The van der Waals surface area contributed by atoms with Crippen LogP contribution >= 0.6 is 0 Å². The summed E-state index contributed by atoms with van der Waals surface area (Å²) in [5.74, 6) is -0.0882. The van der Waals surface area contributed by atoms with Crippen LogP contribution < -0.4 is 5.69 Å². The fraction of sp³-hybridized carbons (Fsp3) is 0.471. The largest absolute Gasteiger partial charge is 0.390 e. The number of aliphatic hydroxyl groups is 1. The van der Waals surface area contributed by atoms with Crippen molar-refractivity contribution in [3.8, 4) is 0 Å². The number of para-hydroxylation sites is 1. The molecule has 1 atom stereocenters. The summed E-state index contributed by atoms with van der Waals surface area (Å²) in [5, 5.41) is 11.0. The molecule has 1 unspecified atom stereocenters. The molecule has 0 radical (unpaired) electrons. The molecule has 1 aliphatic carbocycles. The Morgan fingerprint density at radius 3 is 2.91 bits per heavy atom. The molecule has 1 aromatic heterocycles. The van der Waals surface area contributed by atoms with Gasteiger partial charge in [-0.25, -0.2) is 4.79 Å². The number of rotatable bonds is 2. The van der Waals surface area contributed by atoms with Gasteiger partial charge >= 0.3 is 5.69 Å². The van der Waals surface area contributed by atoms with Gasteiger partial charge in [-0.1, -0.05) is 18.2 Å². The fourth-order valence-corrected chi connectivity index (χ4v) is 3.55. The van der Waals surface area contributed by atoms with Gasteiger partial charge in [-0.3, -0.25) is 4.79 Å². The molecule has 1 aromatic carbocycles. The van der Waals surface area contributed by atoms with Crippen LogP contribution in [0.2, 0.25) is 0 Å². The number of hydrogen-bond acceptors (Lipinski definition) is 4. The van der Waals surface area contributed by atoms with E-state index in [1.807, 2.05) is 12.1 Å². The summed E-state index contributed by atoms with van der Waals surface area (Å²) in [5.41, 5.74) is -0.276. The molecule has 2 fully saturated rings. The average Bonchev–Trinajstić information content (AvgIpc) is 3.32. The molecule has 6 nitrogen and oxygen atoms in total. The van der Waals surface area contributed by atoms with E-state index < -0.39 is 11.3 Å². The average molecular weight is 313 g/mol. The van der Waals surface area contributed by atoms with Crippen LogP contribution in [0.15, 0.2) is 29.1 Å². The van der Waals surface area contributed by atoms with Crippen molar-refractivity contribution in [3.63, 3.8) is 0 Å². The van der Waals surface area contributed by atoms with Gasteiger partial charge in [0.1, 0.15) is 5.69 Å². The SMILES string of the molecule is O=C(c1nc(=O)[nH]c2ccccc12)N1CCCC(C2(O)CC2)C1. The van der Waals surface area contributed by atoms with Crippen molar-refractivity contribution in [3.05, 3.63) is 40.4 Å². The van der Waals surface area contributed by atoms with Crippen molar-refractivity contribution < 1.29 is 9.90 Å². The van der Waals surface area contributed by atoms with E-state index in [9.17, 15) is 14.7 Å². The lowest BCUT2D eigenvalue weighted by Crippen LogP contribution is -2.45. The minimum absolute atomic E-state index is 0.133. The van der Waals surface area contributed by atoms with Gasteiger partial charge in [-0.2, -0.15) is 4.98 Å². The minimum Gasteiger partial charge on any atom is -0.390 e. The molecule has 1 saturated heterocycles. The number of likely N-dealkylation sites (tertiary alicyclic amines) is 1. The number of nitrogens with zero attached hydrogens (tertiary/aromatic N) is 2. The van der Waals surface area contributed by atoms with Crippen molar-refractivity contribution in [2.75, 3.05) is 13.1 Å². The van der Waals surface area contributed by atoms with Crippen molar-refractivity contribution in [2.24, 2.45) is 5.92 Å². The van der Waals surface area contributed by atoms with Gasteiger partial charge in [0.15, 0.2) is 0 Å². The first-order valence-electron chi connectivity index (χ1n) is 8.07. The number of nitrogens with one attached hydrogen (secondary N) is 1. The second-order valence-electron chi connectivity index (χ2n) is 6.63. The lowest BCUT2D eigenvalue weighted by atomic mass is 9.90. The van der Waals surface area contributed by atoms with E-state index in [2.05, 4.69) is 9.97 Å². The molecule has 120 valence electrons. The topological polar surface area (TPSA) is 86.3 Å². The number of aromatic nitrogens is 2. The maximum atomic E-state index is 12.9. The van der Waals surface area contributed by atoms with Gasteiger partial charge in [0, 0.05) is 24.4 Å². The zero-order valence-electron chi connectivity index (χ0n) is 12.8. The van der Waals surface area contributed by atoms with E-state index in [0.29, 0.717) is 24.0 Å². The fourth-order valence-electron chi connectivity index (χ4n) is 3.55. The number of carbonyl (C=O) groups excluding carboxylic acids is 1. The second-order valence-corrected chi connectivity index (χ2v) is 6.63. The molecule has 2 aliphatic rings. The predicted octanol–water partition coefficient (Wildman–Crippen LogP) is 1.30. The van der Waals surface area contributed by atoms with Crippen LogP contribution in [0.5, 0.6) is 0 Å². The first kappa shape index (κ1) is 14.4. The van der Waals surface area contributed by atoms with Crippen molar-refractivity contribution in [2.45, 2.75) is 31.3 Å². The van der Waals surface area contributed by atoms with E-state index in [1.54, 1.807) is 17.0 Å². The molecule has 23 heavy (non-hydrogen) atoms. The number of hydrogen-bond donors (Lipinski definition) is 2. The molecular formula is C17H19N3O3. The summed E-state index contributed by atoms with van der Waals surface area (Å²) in [4.78, 5) is 32.9. The first-order chi connectivity index (χ1) is 11.1. The number of fused-ring (bicyclic) bond motifs is 1. The van der Waals surface area contributed by atoms with Crippen LogP contribution in [-0.2, 0) is 0 Å². The Hall–Kier alpha value is -2.21. The minimum atomic E-state index is -0.581. The molecule has 6 heteroatoms. The van der Waals surface area contributed by atoms with Crippen LogP contribution in [0.3, 0.4) is 0 Å². The van der Waals surface area contributed by atoms with Crippen LogP contribution in [0.4, 0.5) is 0 Å². The standard InChI is InChI=1S/C17H19N3O3/c21-15(20-9-3-4-11(10-20)17(23)7-8-17)14-12-5-1-2-6-13(12)18-16(22)19-14/h1-2,5-6,11,23H,3-4,7-10H2,(H,18,19,22). The summed E-state index contributed by atoms with van der Waals surface area (Å²) in [7, 11) is 0. The Morgan fingerprint density at radius 1 is 1.35 bits per heavy atom. The van der Waals surface area contributed by atoms with E-state index in [0.717, 1.165) is 25.7 Å². The second kappa shape index (κ2) is 5.16. The maximum Gasteiger partial charge on any atom is 0.346 e. The van der Waals surface area contributed by atoms with Crippen LogP contribution in [0.1, 0.15) is 36.2 Å². The summed E-state index contributed by atoms with van der Waals surface area (Å²) < 4.78 is 0. The lowest BCUT2D eigenvalue weighted by molar-refractivity contribution is 0.0280. The zero-order chi connectivity index (χ0) is 16.0. The molecule has 2 heterocycles. The normalized spacial score (nSPS) is 23.0. The molecule has 0 bridgehead atoms. The molecule has 1 aliphatic heterocycles. The molecule has 2 N–H and O–H groups in total. The third-order valence-electron chi connectivity index (χ3n) is 5.07.